The van der Waals surface area contributed by atoms with E-state index in [4.69, 9.17) is 23.2 Å². The van der Waals surface area contributed by atoms with Gasteiger partial charge in [-0.15, -0.1) is 11.8 Å². The van der Waals surface area contributed by atoms with Crippen LogP contribution in [0, 0.1) is 0 Å². The fourth-order valence-corrected chi connectivity index (χ4v) is 4.97. The average molecular weight is 591 g/mol. The smallest absolute Gasteiger partial charge is 0.272 e. The van der Waals surface area contributed by atoms with Gasteiger partial charge in [0.05, 0.1) is 16.0 Å². The third kappa shape index (κ3) is 8.23. The summed E-state index contributed by atoms with van der Waals surface area (Å²) < 4.78 is 0. The Labute approximate surface area is 246 Å². The molecule has 0 aliphatic heterocycles. The first-order valence-corrected chi connectivity index (χ1v) is 13.9. The van der Waals surface area contributed by atoms with Crippen LogP contribution in [0.15, 0.2) is 114 Å². The maximum absolute atomic E-state index is 13.3. The average Bonchev–Trinajstić information content (AvgIpc) is 2.95. The third-order valence-electron chi connectivity index (χ3n) is 5.60. The first-order chi connectivity index (χ1) is 19.3. The molecule has 0 saturated carbocycles. The molecule has 0 heterocycles. The third-order valence-corrected chi connectivity index (χ3v) is 7.24. The van der Waals surface area contributed by atoms with Gasteiger partial charge in [-0.1, -0.05) is 77.8 Å². The lowest BCUT2D eigenvalue weighted by Crippen LogP contribution is -2.30. The van der Waals surface area contributed by atoms with Gasteiger partial charge in [0, 0.05) is 21.2 Å². The van der Waals surface area contributed by atoms with Gasteiger partial charge in [0.1, 0.15) is 5.70 Å². The Morgan fingerprint density at radius 3 is 2.20 bits per heavy atom. The second-order valence-electron chi connectivity index (χ2n) is 8.64. The van der Waals surface area contributed by atoms with Crippen molar-refractivity contribution < 1.29 is 14.4 Å². The molecule has 6 nitrogen and oxygen atoms in total. The van der Waals surface area contributed by atoms with Crippen molar-refractivity contribution in [2.24, 2.45) is 0 Å². The predicted molar refractivity (Wildman–Crippen MR) is 164 cm³/mol. The summed E-state index contributed by atoms with van der Waals surface area (Å²) in [6.07, 6.45) is 1.61. The Morgan fingerprint density at radius 2 is 1.50 bits per heavy atom. The summed E-state index contributed by atoms with van der Waals surface area (Å²) in [7, 11) is 0. The highest BCUT2D eigenvalue weighted by atomic mass is 35.5. The van der Waals surface area contributed by atoms with Crippen LogP contribution in [0.25, 0.3) is 6.08 Å². The monoisotopic (exact) mass is 589 g/mol. The summed E-state index contributed by atoms with van der Waals surface area (Å²) in [5, 5.41) is 8.75. The Hall–Kier alpha value is -4.04. The van der Waals surface area contributed by atoms with E-state index in [2.05, 4.69) is 16.0 Å². The van der Waals surface area contributed by atoms with E-state index in [9.17, 15) is 14.4 Å². The number of hydrogen-bond donors (Lipinski definition) is 3. The van der Waals surface area contributed by atoms with Crippen molar-refractivity contribution in [3.05, 3.63) is 130 Å². The number of thioether (sulfide) groups is 1. The fraction of sp³-hybridized carbons (Fsp3) is 0.0645. The molecule has 4 aromatic carbocycles. The van der Waals surface area contributed by atoms with Crippen LogP contribution >= 0.6 is 35.0 Å². The van der Waals surface area contributed by atoms with Gasteiger partial charge in [0.25, 0.3) is 11.8 Å². The molecule has 0 radical (unpaired) electrons. The standard InChI is InChI=1S/C31H25Cl2N3O3S/c1-20(29(37)35-27-16-15-23(32)18-26(27)33)40-25-14-8-13-24(19-25)34-31(39)28(17-21-9-4-2-5-10-21)36-30(38)22-11-6-3-7-12-22/h2-20H,1H3,(H,34,39)(H,35,37)(H,36,38)/b28-17-. The van der Waals surface area contributed by atoms with E-state index in [1.165, 1.54) is 11.8 Å². The van der Waals surface area contributed by atoms with Crippen LogP contribution in [-0.4, -0.2) is 23.0 Å². The summed E-state index contributed by atoms with van der Waals surface area (Å²) in [6, 6.07) is 29.9. The van der Waals surface area contributed by atoms with Crippen molar-refractivity contribution in [2.45, 2.75) is 17.1 Å². The molecule has 3 N–H and O–H groups in total. The van der Waals surface area contributed by atoms with Crippen LogP contribution in [0.4, 0.5) is 11.4 Å². The van der Waals surface area contributed by atoms with E-state index in [0.29, 0.717) is 27.0 Å². The van der Waals surface area contributed by atoms with Crippen molar-refractivity contribution in [3.63, 3.8) is 0 Å². The zero-order valence-corrected chi connectivity index (χ0v) is 23.7. The Kier molecular flexibility index (Phi) is 10.0. The zero-order chi connectivity index (χ0) is 28.5. The molecular formula is C31H25Cl2N3O3S. The van der Waals surface area contributed by atoms with Crippen LogP contribution in [0.2, 0.25) is 10.0 Å². The van der Waals surface area contributed by atoms with Gasteiger partial charge in [0.15, 0.2) is 0 Å². The molecule has 9 heteroatoms. The van der Waals surface area contributed by atoms with E-state index in [0.717, 1.165) is 10.5 Å². The van der Waals surface area contributed by atoms with Gasteiger partial charge in [-0.3, -0.25) is 14.4 Å². The van der Waals surface area contributed by atoms with Crippen LogP contribution in [-0.2, 0) is 9.59 Å². The molecule has 0 fully saturated rings. The van der Waals surface area contributed by atoms with Crippen LogP contribution in [0.3, 0.4) is 0 Å². The molecule has 0 saturated heterocycles. The molecule has 40 heavy (non-hydrogen) atoms. The number of anilines is 2. The van der Waals surface area contributed by atoms with Gasteiger partial charge in [-0.25, -0.2) is 0 Å². The molecule has 0 aromatic heterocycles. The molecule has 4 aromatic rings. The number of carbonyl (C=O) groups is 3. The second kappa shape index (κ2) is 13.8. The first-order valence-electron chi connectivity index (χ1n) is 12.3. The van der Waals surface area contributed by atoms with Crippen molar-refractivity contribution in [1.82, 2.24) is 5.32 Å². The Morgan fingerprint density at radius 1 is 0.800 bits per heavy atom. The molecule has 202 valence electrons. The van der Waals surface area contributed by atoms with E-state index in [1.54, 1.807) is 73.7 Å². The van der Waals surface area contributed by atoms with Gasteiger partial charge < -0.3 is 16.0 Å². The SMILES string of the molecule is CC(Sc1cccc(NC(=O)/C(=C/c2ccccc2)NC(=O)c2ccccc2)c1)C(=O)Nc1ccc(Cl)cc1Cl. The number of benzene rings is 4. The molecule has 3 amide bonds. The van der Waals surface area contributed by atoms with E-state index >= 15 is 0 Å². The number of amides is 3. The topological polar surface area (TPSA) is 87.3 Å². The second-order valence-corrected chi connectivity index (χ2v) is 10.9. The summed E-state index contributed by atoms with van der Waals surface area (Å²) in [6.45, 7) is 1.77. The highest BCUT2D eigenvalue weighted by molar-refractivity contribution is 8.00. The molecular weight excluding hydrogens is 565 g/mol. The van der Waals surface area contributed by atoms with Crippen molar-refractivity contribution >= 4 is 70.1 Å². The Bertz CT molecular complexity index is 1550. The highest BCUT2D eigenvalue weighted by Gasteiger charge is 2.18. The molecule has 0 spiro atoms. The molecule has 0 aliphatic carbocycles. The highest BCUT2D eigenvalue weighted by Crippen LogP contribution is 2.29. The lowest BCUT2D eigenvalue weighted by Gasteiger charge is -2.14. The molecule has 4 rings (SSSR count). The number of rotatable bonds is 9. The van der Waals surface area contributed by atoms with E-state index < -0.39 is 17.1 Å². The lowest BCUT2D eigenvalue weighted by molar-refractivity contribution is -0.115. The molecule has 1 atom stereocenters. The van der Waals surface area contributed by atoms with Crippen LogP contribution < -0.4 is 16.0 Å². The van der Waals surface area contributed by atoms with Crippen molar-refractivity contribution in [1.29, 1.82) is 0 Å². The largest absolute Gasteiger partial charge is 0.324 e. The number of nitrogens with one attached hydrogen (secondary N) is 3. The fourth-order valence-electron chi connectivity index (χ4n) is 3.59. The summed E-state index contributed by atoms with van der Waals surface area (Å²) in [4.78, 5) is 39.6. The number of carbonyl (C=O) groups excluding carboxylic acids is 3. The van der Waals surface area contributed by atoms with Gasteiger partial charge in [0.2, 0.25) is 5.91 Å². The minimum absolute atomic E-state index is 0.0886. The molecule has 1 unspecified atom stereocenters. The Balaban J connectivity index is 1.46. The van der Waals surface area contributed by atoms with E-state index in [-0.39, 0.29) is 11.6 Å². The quantitative estimate of drug-likeness (QED) is 0.139. The predicted octanol–water partition coefficient (Wildman–Crippen LogP) is 7.52. The lowest BCUT2D eigenvalue weighted by atomic mass is 10.1. The minimum Gasteiger partial charge on any atom is -0.324 e. The maximum atomic E-state index is 13.3. The van der Waals surface area contributed by atoms with Crippen LogP contribution in [0.5, 0.6) is 0 Å². The van der Waals surface area contributed by atoms with Gasteiger partial charge in [-0.2, -0.15) is 0 Å². The van der Waals surface area contributed by atoms with Crippen LogP contribution in [0.1, 0.15) is 22.8 Å². The van der Waals surface area contributed by atoms with Crippen molar-refractivity contribution in [3.8, 4) is 0 Å². The van der Waals surface area contributed by atoms with E-state index in [1.807, 2.05) is 42.5 Å². The molecule has 0 aliphatic rings. The summed E-state index contributed by atoms with van der Waals surface area (Å²) >= 11 is 13.4. The van der Waals surface area contributed by atoms with Gasteiger partial charge >= 0.3 is 0 Å². The summed E-state index contributed by atoms with van der Waals surface area (Å²) in [5.41, 5.74) is 2.26. The van der Waals surface area contributed by atoms with Gasteiger partial charge in [-0.05, 0) is 67.1 Å². The maximum Gasteiger partial charge on any atom is 0.272 e. The number of hydrogen-bond acceptors (Lipinski definition) is 4. The zero-order valence-electron chi connectivity index (χ0n) is 21.4. The normalized spacial score (nSPS) is 11.8. The minimum atomic E-state index is -0.488. The summed E-state index contributed by atoms with van der Waals surface area (Å²) in [5.74, 6) is -1.12. The first kappa shape index (κ1) is 29.0. The van der Waals surface area contributed by atoms with Crippen molar-refractivity contribution in [2.75, 3.05) is 10.6 Å². The number of halogens is 2. The molecule has 0 bridgehead atoms.